The van der Waals surface area contributed by atoms with Gasteiger partial charge in [0.15, 0.2) is 0 Å². The van der Waals surface area contributed by atoms with E-state index in [0.717, 1.165) is 44.6 Å². The first kappa shape index (κ1) is 26.5. The van der Waals surface area contributed by atoms with Crippen LogP contribution in [0.25, 0.3) is 44.2 Å². The van der Waals surface area contributed by atoms with Crippen LogP contribution < -0.4 is 4.90 Å². The predicted molar refractivity (Wildman–Crippen MR) is 191 cm³/mol. The average Bonchev–Trinajstić information content (AvgIpc) is 3.64. The van der Waals surface area contributed by atoms with Gasteiger partial charge in [-0.05, 0) is 82.8 Å². The van der Waals surface area contributed by atoms with Crippen LogP contribution in [0, 0.1) is 0 Å². The molecule has 2 nitrogen and oxygen atoms in total. The summed E-state index contributed by atoms with van der Waals surface area (Å²) in [5.41, 5.74) is 13.7. The molecule has 1 aliphatic rings. The van der Waals surface area contributed by atoms with Crippen LogP contribution in [0.2, 0.25) is 0 Å². The van der Waals surface area contributed by atoms with E-state index in [4.69, 9.17) is 4.42 Å². The van der Waals surface area contributed by atoms with Crippen LogP contribution in [-0.4, -0.2) is 0 Å². The fourth-order valence-corrected chi connectivity index (χ4v) is 7.62. The molecular weight excluding hydrogens is 558 g/mol. The van der Waals surface area contributed by atoms with Crippen LogP contribution in [0.4, 0.5) is 17.1 Å². The van der Waals surface area contributed by atoms with Crippen molar-refractivity contribution in [2.75, 3.05) is 4.90 Å². The summed E-state index contributed by atoms with van der Waals surface area (Å²) in [5, 5.41) is 2.30. The molecule has 0 radical (unpaired) electrons. The summed E-state index contributed by atoms with van der Waals surface area (Å²) in [7, 11) is 0. The smallest absolute Gasteiger partial charge is 0.139 e. The lowest BCUT2D eigenvalue weighted by Gasteiger charge is -2.28. The summed E-state index contributed by atoms with van der Waals surface area (Å²) >= 11 is 0. The van der Waals surface area contributed by atoms with Crippen molar-refractivity contribution in [2.24, 2.45) is 0 Å². The number of benzene rings is 7. The van der Waals surface area contributed by atoms with Gasteiger partial charge >= 0.3 is 0 Å². The second kappa shape index (κ2) is 10.4. The van der Waals surface area contributed by atoms with Gasteiger partial charge in [0.25, 0.3) is 0 Å². The zero-order valence-electron chi connectivity index (χ0n) is 25.5. The van der Waals surface area contributed by atoms with Crippen molar-refractivity contribution in [3.05, 3.63) is 187 Å². The van der Waals surface area contributed by atoms with Crippen LogP contribution in [0.15, 0.2) is 174 Å². The Morgan fingerprint density at radius 3 is 1.57 bits per heavy atom. The van der Waals surface area contributed by atoms with Gasteiger partial charge < -0.3 is 9.32 Å². The molecule has 2 heteroatoms. The van der Waals surface area contributed by atoms with Crippen molar-refractivity contribution < 1.29 is 4.42 Å². The molecule has 0 atom stereocenters. The minimum absolute atomic E-state index is 0.333. The highest BCUT2D eigenvalue weighted by molar-refractivity contribution is 6.13. The van der Waals surface area contributed by atoms with Crippen molar-refractivity contribution in [1.82, 2.24) is 0 Å². The van der Waals surface area contributed by atoms with E-state index in [0.29, 0.717) is 0 Å². The highest BCUT2D eigenvalue weighted by Gasteiger charge is 2.42. The minimum Gasteiger partial charge on any atom is -0.456 e. The molecule has 0 spiro atoms. The van der Waals surface area contributed by atoms with Crippen molar-refractivity contribution in [3.63, 3.8) is 0 Å². The van der Waals surface area contributed by atoms with Gasteiger partial charge in [0.2, 0.25) is 0 Å². The number of anilines is 3. The Morgan fingerprint density at radius 1 is 0.435 bits per heavy atom. The third-order valence-electron chi connectivity index (χ3n) is 9.75. The molecule has 0 N–H and O–H groups in total. The van der Waals surface area contributed by atoms with Crippen LogP contribution >= 0.6 is 0 Å². The number of hydrogen-bond acceptors (Lipinski definition) is 2. The molecule has 1 aliphatic carbocycles. The van der Waals surface area contributed by atoms with E-state index in [1.807, 2.05) is 0 Å². The van der Waals surface area contributed by atoms with Gasteiger partial charge in [0.1, 0.15) is 11.2 Å². The van der Waals surface area contributed by atoms with E-state index < -0.39 is 0 Å². The molecule has 0 fully saturated rings. The number of furan rings is 1. The molecule has 46 heavy (non-hydrogen) atoms. The molecule has 218 valence electrons. The first-order chi connectivity index (χ1) is 22.7. The number of para-hydroxylation sites is 3. The fraction of sp³-hybridized carbons (Fsp3) is 0.0455. The minimum atomic E-state index is -0.333. The van der Waals surface area contributed by atoms with Gasteiger partial charge in [-0.3, -0.25) is 0 Å². The maximum absolute atomic E-state index is 6.82. The molecule has 7 aromatic carbocycles. The van der Waals surface area contributed by atoms with Gasteiger partial charge in [0, 0.05) is 38.8 Å². The zero-order chi connectivity index (χ0) is 30.7. The summed E-state index contributed by atoms with van der Waals surface area (Å²) in [6.07, 6.45) is 0. The van der Waals surface area contributed by atoms with Crippen molar-refractivity contribution >= 4 is 39.0 Å². The van der Waals surface area contributed by atoms with Crippen molar-refractivity contribution in [3.8, 4) is 22.3 Å². The lowest BCUT2D eigenvalue weighted by molar-refractivity contribution is 0.638. The highest BCUT2D eigenvalue weighted by Crippen LogP contribution is 2.54. The molecule has 0 unspecified atom stereocenters. The lowest BCUT2D eigenvalue weighted by atomic mass is 9.74. The molecule has 8 aromatic rings. The second-order valence-corrected chi connectivity index (χ2v) is 12.2. The van der Waals surface area contributed by atoms with E-state index >= 15 is 0 Å². The van der Waals surface area contributed by atoms with E-state index in [1.54, 1.807) is 0 Å². The molecule has 0 aliphatic heterocycles. The van der Waals surface area contributed by atoms with Crippen molar-refractivity contribution in [1.29, 1.82) is 0 Å². The standard InChI is InChI=1S/C44H31NO/c1-44(38-22-10-8-18-35(38)36-19-9-11-23-39(36)44)40-24-12-21-37-42-34(20-13-25-41(42)46-43(37)40)30-26-28-33(29-27-30)45(31-14-4-2-5-15-31)32-16-6-3-7-17-32/h2-29H,1H3. The summed E-state index contributed by atoms with van der Waals surface area (Å²) < 4.78 is 6.82. The molecule has 0 saturated heterocycles. The Balaban J connectivity index is 1.19. The van der Waals surface area contributed by atoms with Gasteiger partial charge in [-0.15, -0.1) is 0 Å². The maximum Gasteiger partial charge on any atom is 0.139 e. The normalized spacial score (nSPS) is 13.1. The second-order valence-electron chi connectivity index (χ2n) is 12.2. The monoisotopic (exact) mass is 589 g/mol. The van der Waals surface area contributed by atoms with E-state index in [9.17, 15) is 0 Å². The van der Waals surface area contributed by atoms with Crippen LogP contribution in [0.1, 0.15) is 23.6 Å². The van der Waals surface area contributed by atoms with E-state index in [1.165, 1.54) is 33.4 Å². The summed E-state index contributed by atoms with van der Waals surface area (Å²) in [5.74, 6) is 0. The molecular formula is C44H31NO. The number of nitrogens with zero attached hydrogens (tertiary/aromatic N) is 1. The summed E-state index contributed by atoms with van der Waals surface area (Å²) in [4.78, 5) is 2.29. The maximum atomic E-state index is 6.82. The Labute approximate surface area is 268 Å². The van der Waals surface area contributed by atoms with Crippen LogP contribution in [-0.2, 0) is 5.41 Å². The van der Waals surface area contributed by atoms with E-state index in [2.05, 4.69) is 182 Å². The Hall–Kier alpha value is -5.86. The first-order valence-electron chi connectivity index (χ1n) is 15.9. The average molecular weight is 590 g/mol. The molecule has 0 amide bonds. The third kappa shape index (κ3) is 3.90. The molecule has 0 saturated carbocycles. The number of fused-ring (bicyclic) bond motifs is 6. The van der Waals surface area contributed by atoms with Gasteiger partial charge in [0.05, 0.1) is 0 Å². The molecule has 1 aromatic heterocycles. The van der Waals surface area contributed by atoms with Crippen LogP contribution in [0.3, 0.4) is 0 Å². The summed E-state index contributed by atoms with van der Waals surface area (Å²) in [6.45, 7) is 2.35. The molecule has 0 bridgehead atoms. The first-order valence-corrected chi connectivity index (χ1v) is 15.9. The van der Waals surface area contributed by atoms with Gasteiger partial charge in [-0.25, -0.2) is 0 Å². The Kier molecular flexibility index (Phi) is 5.97. The number of rotatable bonds is 5. The topological polar surface area (TPSA) is 16.4 Å². The lowest BCUT2D eigenvalue weighted by Crippen LogP contribution is -2.22. The van der Waals surface area contributed by atoms with Crippen molar-refractivity contribution in [2.45, 2.75) is 12.3 Å². The quantitative estimate of drug-likeness (QED) is 0.199. The van der Waals surface area contributed by atoms with Gasteiger partial charge in [-0.1, -0.05) is 127 Å². The molecule has 1 heterocycles. The third-order valence-corrected chi connectivity index (χ3v) is 9.75. The fourth-order valence-electron chi connectivity index (χ4n) is 7.62. The Morgan fingerprint density at radius 2 is 0.935 bits per heavy atom. The van der Waals surface area contributed by atoms with E-state index in [-0.39, 0.29) is 5.41 Å². The predicted octanol–water partition coefficient (Wildman–Crippen LogP) is 12.1. The Bertz CT molecular complexity index is 2280. The molecule has 9 rings (SSSR count). The van der Waals surface area contributed by atoms with Gasteiger partial charge in [-0.2, -0.15) is 0 Å². The SMILES string of the molecule is CC1(c2cccc3c2oc2cccc(-c4ccc(N(c5ccccc5)c5ccccc5)cc4)c23)c2ccccc2-c2ccccc21. The number of hydrogen-bond donors (Lipinski definition) is 0. The largest absolute Gasteiger partial charge is 0.456 e. The van der Waals surface area contributed by atoms with Crippen LogP contribution in [0.5, 0.6) is 0 Å². The highest BCUT2D eigenvalue weighted by atomic mass is 16.3. The zero-order valence-corrected chi connectivity index (χ0v) is 25.5. The summed E-state index contributed by atoms with van der Waals surface area (Å²) in [6, 6.07) is 60.7.